The molecule has 4 rings (SSSR count). The van der Waals surface area contributed by atoms with Crippen LogP contribution in [0, 0.1) is 17.8 Å². The minimum absolute atomic E-state index is 0.0500. The van der Waals surface area contributed by atoms with Crippen molar-refractivity contribution in [3.8, 4) is 0 Å². The number of nitrogens with one attached hydrogen (secondary N) is 2. The normalized spacial score (nSPS) is 23.1. The summed E-state index contributed by atoms with van der Waals surface area (Å²) in [7, 11) is 0. The van der Waals surface area contributed by atoms with Crippen molar-refractivity contribution in [1.82, 2.24) is 15.2 Å². The average Bonchev–Trinajstić information content (AvgIpc) is 3.12. The van der Waals surface area contributed by atoms with Gasteiger partial charge < -0.3 is 19.9 Å². The Hall–Kier alpha value is -2.21. The van der Waals surface area contributed by atoms with E-state index in [1.165, 1.54) is 16.6 Å². The molecule has 0 saturated heterocycles. The summed E-state index contributed by atoms with van der Waals surface area (Å²) in [5.74, 6) is 1.03. The summed E-state index contributed by atoms with van der Waals surface area (Å²) in [4.78, 5) is 31.4. The zero-order valence-corrected chi connectivity index (χ0v) is 21.8. The van der Waals surface area contributed by atoms with Crippen molar-refractivity contribution < 1.29 is 14.3 Å². The van der Waals surface area contributed by atoms with Crippen molar-refractivity contribution >= 4 is 34.5 Å². The number of alkyl carbamates (subject to hydrolysis) is 1. The maximum absolute atomic E-state index is 13.7. The average molecular weight is 488 g/mol. The van der Waals surface area contributed by atoms with Crippen molar-refractivity contribution in [3.05, 3.63) is 34.5 Å². The van der Waals surface area contributed by atoms with E-state index in [9.17, 15) is 9.59 Å². The van der Waals surface area contributed by atoms with Crippen LogP contribution in [0.3, 0.4) is 0 Å². The second kappa shape index (κ2) is 9.80. The van der Waals surface area contributed by atoms with E-state index in [0.717, 1.165) is 49.2 Å². The number of amides is 2. The standard InChI is InChI=1S/C27H38ClN3O3/c1-16(2)24-23-21(20-11-10-19(28)14-22(20)30-23)12-13-31(24)25(32)18-8-6-17(7-9-18)15-29-26(33)34-27(3,4)5/h10-11,14,16-18,24,30H,6-9,12-13,15H2,1-5H3,(H,29,33)/t17-,18-,24?. The summed E-state index contributed by atoms with van der Waals surface area (Å²) in [6, 6.07) is 6.06. The Kier molecular flexibility index (Phi) is 7.18. The Morgan fingerprint density at radius 2 is 1.91 bits per heavy atom. The van der Waals surface area contributed by atoms with Crippen molar-refractivity contribution in [1.29, 1.82) is 0 Å². The molecule has 2 N–H and O–H groups in total. The van der Waals surface area contributed by atoms with Crippen LogP contribution in [0.1, 0.15) is 77.6 Å². The molecule has 7 heteroatoms. The zero-order chi connectivity index (χ0) is 24.6. The van der Waals surface area contributed by atoms with Crippen LogP contribution >= 0.6 is 11.6 Å². The number of ether oxygens (including phenoxy) is 1. The monoisotopic (exact) mass is 487 g/mol. The summed E-state index contributed by atoms with van der Waals surface area (Å²) in [6.07, 6.45) is 4.13. The molecule has 2 heterocycles. The van der Waals surface area contributed by atoms with E-state index in [2.05, 4.69) is 35.1 Å². The third kappa shape index (κ3) is 5.37. The molecule has 6 nitrogen and oxygen atoms in total. The Balaban J connectivity index is 1.40. The molecule has 1 saturated carbocycles. The van der Waals surface area contributed by atoms with Gasteiger partial charge in [0.1, 0.15) is 5.60 Å². The van der Waals surface area contributed by atoms with Gasteiger partial charge in [0.15, 0.2) is 0 Å². The zero-order valence-electron chi connectivity index (χ0n) is 21.0. The Morgan fingerprint density at radius 1 is 1.21 bits per heavy atom. The Morgan fingerprint density at radius 3 is 2.56 bits per heavy atom. The fraction of sp³-hybridized carbons (Fsp3) is 0.630. The van der Waals surface area contributed by atoms with Crippen LogP contribution in [-0.2, 0) is 16.0 Å². The molecule has 1 aromatic carbocycles. The SMILES string of the molecule is CC(C)C1c2[nH]c3cc(Cl)ccc3c2CCN1C(=O)[C@H]1CC[C@H](CNC(=O)OC(C)(C)C)CC1. The maximum atomic E-state index is 13.7. The van der Waals surface area contributed by atoms with E-state index in [1.807, 2.05) is 32.9 Å². The number of aromatic nitrogens is 1. The quantitative estimate of drug-likeness (QED) is 0.536. The molecule has 186 valence electrons. The first-order valence-corrected chi connectivity index (χ1v) is 13.0. The lowest BCUT2D eigenvalue weighted by atomic mass is 9.80. The maximum Gasteiger partial charge on any atom is 0.407 e. The van der Waals surface area contributed by atoms with Crippen molar-refractivity contribution in [3.63, 3.8) is 0 Å². The molecule has 1 aliphatic heterocycles. The Bertz CT molecular complexity index is 1050. The number of H-pyrrole nitrogens is 1. The first-order chi connectivity index (χ1) is 16.0. The molecule has 1 fully saturated rings. The van der Waals surface area contributed by atoms with Crippen LogP contribution in [0.4, 0.5) is 4.79 Å². The number of carbonyl (C=O) groups excluding carboxylic acids is 2. The van der Waals surface area contributed by atoms with Crippen LogP contribution < -0.4 is 5.32 Å². The van der Waals surface area contributed by atoms with E-state index in [4.69, 9.17) is 16.3 Å². The minimum atomic E-state index is -0.493. The van der Waals surface area contributed by atoms with E-state index >= 15 is 0 Å². The van der Waals surface area contributed by atoms with Gasteiger partial charge in [0.25, 0.3) is 0 Å². The van der Waals surface area contributed by atoms with Gasteiger partial charge in [-0.3, -0.25) is 4.79 Å². The first-order valence-electron chi connectivity index (χ1n) is 12.6. The lowest BCUT2D eigenvalue weighted by Crippen LogP contribution is -2.46. The van der Waals surface area contributed by atoms with Crippen LogP contribution in [0.15, 0.2) is 18.2 Å². The number of fused-ring (bicyclic) bond motifs is 3. The lowest BCUT2D eigenvalue weighted by molar-refractivity contribution is -0.141. The minimum Gasteiger partial charge on any atom is -0.444 e. The number of aromatic amines is 1. The highest BCUT2D eigenvalue weighted by Gasteiger charge is 2.38. The lowest BCUT2D eigenvalue weighted by Gasteiger charge is -2.41. The van der Waals surface area contributed by atoms with Gasteiger partial charge in [0, 0.05) is 40.6 Å². The molecule has 2 aromatic rings. The molecule has 0 bridgehead atoms. The van der Waals surface area contributed by atoms with Crippen molar-refractivity contribution in [2.45, 2.75) is 78.4 Å². The molecule has 1 unspecified atom stereocenters. The van der Waals surface area contributed by atoms with Gasteiger partial charge in [-0.1, -0.05) is 31.5 Å². The molecular formula is C27H38ClN3O3. The van der Waals surface area contributed by atoms with E-state index < -0.39 is 5.60 Å². The largest absolute Gasteiger partial charge is 0.444 e. The third-order valence-corrected chi connectivity index (χ3v) is 7.42. The number of benzene rings is 1. The van der Waals surface area contributed by atoms with Crippen molar-refractivity contribution in [2.24, 2.45) is 17.8 Å². The van der Waals surface area contributed by atoms with Gasteiger partial charge in [-0.15, -0.1) is 0 Å². The van der Waals surface area contributed by atoms with Gasteiger partial charge in [-0.25, -0.2) is 4.79 Å². The highest BCUT2D eigenvalue weighted by Crippen LogP contribution is 2.41. The molecule has 1 atom stereocenters. The van der Waals surface area contributed by atoms with Gasteiger partial charge >= 0.3 is 6.09 Å². The topological polar surface area (TPSA) is 74.4 Å². The predicted molar refractivity (Wildman–Crippen MR) is 136 cm³/mol. The first kappa shape index (κ1) is 24.9. The van der Waals surface area contributed by atoms with Crippen LogP contribution in [0.5, 0.6) is 0 Å². The number of hydrogen-bond donors (Lipinski definition) is 2. The van der Waals surface area contributed by atoms with Gasteiger partial charge in [-0.2, -0.15) is 0 Å². The number of halogens is 1. The molecule has 2 amide bonds. The number of hydrogen-bond acceptors (Lipinski definition) is 3. The van der Waals surface area contributed by atoms with Crippen LogP contribution in [0.2, 0.25) is 5.02 Å². The second-order valence-corrected chi connectivity index (χ2v) is 11.7. The number of nitrogens with zero attached hydrogens (tertiary/aromatic N) is 1. The summed E-state index contributed by atoms with van der Waals surface area (Å²) < 4.78 is 5.34. The highest BCUT2D eigenvalue weighted by atomic mass is 35.5. The smallest absolute Gasteiger partial charge is 0.407 e. The highest BCUT2D eigenvalue weighted by molar-refractivity contribution is 6.31. The van der Waals surface area contributed by atoms with Gasteiger partial charge in [0.05, 0.1) is 6.04 Å². The van der Waals surface area contributed by atoms with Crippen LogP contribution in [-0.4, -0.2) is 40.6 Å². The van der Waals surface area contributed by atoms with E-state index in [0.29, 0.717) is 18.4 Å². The summed E-state index contributed by atoms with van der Waals surface area (Å²) >= 11 is 6.23. The van der Waals surface area contributed by atoms with Crippen LogP contribution in [0.25, 0.3) is 10.9 Å². The molecule has 0 radical (unpaired) electrons. The molecule has 2 aliphatic rings. The fourth-order valence-corrected chi connectivity index (χ4v) is 5.80. The van der Waals surface area contributed by atoms with Crippen molar-refractivity contribution in [2.75, 3.05) is 13.1 Å². The molecule has 1 aromatic heterocycles. The number of rotatable bonds is 4. The molecular weight excluding hydrogens is 450 g/mol. The number of carbonyl (C=O) groups is 2. The van der Waals surface area contributed by atoms with Gasteiger partial charge in [0.2, 0.25) is 5.91 Å². The third-order valence-electron chi connectivity index (χ3n) is 7.18. The van der Waals surface area contributed by atoms with Gasteiger partial charge in [-0.05, 0) is 82.4 Å². The summed E-state index contributed by atoms with van der Waals surface area (Å²) in [5, 5.41) is 4.83. The Labute approximate surface area is 207 Å². The second-order valence-electron chi connectivity index (χ2n) is 11.3. The molecule has 34 heavy (non-hydrogen) atoms. The van der Waals surface area contributed by atoms with E-state index in [1.54, 1.807) is 0 Å². The summed E-state index contributed by atoms with van der Waals surface area (Å²) in [5.41, 5.74) is 3.05. The van der Waals surface area contributed by atoms with E-state index in [-0.39, 0.29) is 24.0 Å². The fourth-order valence-electron chi connectivity index (χ4n) is 5.63. The molecule has 1 aliphatic carbocycles. The predicted octanol–water partition coefficient (Wildman–Crippen LogP) is 6.23. The molecule has 0 spiro atoms. The summed E-state index contributed by atoms with van der Waals surface area (Å²) in [6.45, 7) is 11.3.